The van der Waals surface area contributed by atoms with Gasteiger partial charge in [0.25, 0.3) is 0 Å². The number of nitrogens with one attached hydrogen (secondary N) is 1. The molecule has 11 heteroatoms. The number of nitrogens with zero attached hydrogens (tertiary/aromatic N) is 5. The fourth-order valence-electron chi connectivity index (χ4n) is 2.74. The van der Waals surface area contributed by atoms with Crippen LogP contribution in [0.5, 0.6) is 5.75 Å². The highest BCUT2D eigenvalue weighted by Crippen LogP contribution is 2.27. The van der Waals surface area contributed by atoms with Crippen LogP contribution in [0.1, 0.15) is 0 Å². The lowest BCUT2D eigenvalue weighted by Crippen LogP contribution is -2.17. The van der Waals surface area contributed by atoms with Crippen molar-refractivity contribution in [1.29, 1.82) is 5.41 Å². The van der Waals surface area contributed by atoms with Gasteiger partial charge in [0, 0.05) is 24.5 Å². The average molecular weight is 406 g/mol. The SMILES string of the molecule is N=c1sc2cc(OC(F)(F)F)ccc2n1CCn1cc(-c2cccnc2)nn1. The van der Waals surface area contributed by atoms with Crippen molar-refractivity contribution in [2.45, 2.75) is 19.5 Å². The lowest BCUT2D eigenvalue weighted by Gasteiger charge is -2.09. The summed E-state index contributed by atoms with van der Waals surface area (Å²) in [6.07, 6.45) is 0.403. The van der Waals surface area contributed by atoms with Crippen LogP contribution in [0.25, 0.3) is 21.5 Å². The second kappa shape index (κ2) is 7.08. The molecule has 0 radical (unpaired) electrons. The van der Waals surface area contributed by atoms with Crippen LogP contribution in [0.15, 0.2) is 48.9 Å². The maximum Gasteiger partial charge on any atom is 0.573 e. The van der Waals surface area contributed by atoms with Gasteiger partial charge >= 0.3 is 6.36 Å². The van der Waals surface area contributed by atoms with E-state index in [0.29, 0.717) is 29.0 Å². The Morgan fingerprint density at radius 2 is 2.04 bits per heavy atom. The molecule has 28 heavy (non-hydrogen) atoms. The molecule has 3 heterocycles. The van der Waals surface area contributed by atoms with Gasteiger partial charge in [-0.25, -0.2) is 0 Å². The van der Waals surface area contributed by atoms with Crippen LogP contribution >= 0.6 is 11.3 Å². The van der Waals surface area contributed by atoms with Crippen molar-refractivity contribution in [3.8, 4) is 17.0 Å². The number of aromatic nitrogens is 5. The maximum absolute atomic E-state index is 12.4. The topological polar surface area (TPSA) is 81.6 Å². The van der Waals surface area contributed by atoms with E-state index >= 15 is 0 Å². The minimum atomic E-state index is -4.75. The molecule has 0 fully saturated rings. The zero-order valence-corrected chi connectivity index (χ0v) is 15.0. The third-order valence-corrected chi connectivity index (χ3v) is 4.92. The molecule has 0 spiro atoms. The van der Waals surface area contributed by atoms with Crippen LogP contribution in [0.3, 0.4) is 0 Å². The summed E-state index contributed by atoms with van der Waals surface area (Å²) in [5.41, 5.74) is 2.20. The van der Waals surface area contributed by atoms with E-state index in [1.54, 1.807) is 27.8 Å². The minimum absolute atomic E-state index is 0.228. The number of halogens is 3. The van der Waals surface area contributed by atoms with Gasteiger partial charge in [0.2, 0.25) is 0 Å². The normalized spacial score (nSPS) is 11.8. The van der Waals surface area contributed by atoms with E-state index in [1.165, 1.54) is 18.2 Å². The number of alkyl halides is 3. The molecule has 4 rings (SSSR count). The quantitative estimate of drug-likeness (QED) is 0.551. The largest absolute Gasteiger partial charge is 0.573 e. The van der Waals surface area contributed by atoms with Crippen molar-refractivity contribution in [2.24, 2.45) is 0 Å². The van der Waals surface area contributed by atoms with Gasteiger partial charge in [-0.2, -0.15) is 0 Å². The maximum atomic E-state index is 12.4. The predicted molar refractivity (Wildman–Crippen MR) is 95.6 cm³/mol. The van der Waals surface area contributed by atoms with E-state index in [-0.39, 0.29) is 10.6 Å². The zero-order valence-electron chi connectivity index (χ0n) is 14.2. The summed E-state index contributed by atoms with van der Waals surface area (Å²) in [5, 5.41) is 16.3. The third-order valence-electron chi connectivity index (χ3n) is 3.96. The summed E-state index contributed by atoms with van der Waals surface area (Å²) < 4.78 is 45.0. The first-order valence-electron chi connectivity index (χ1n) is 8.13. The lowest BCUT2D eigenvalue weighted by atomic mass is 10.2. The number of ether oxygens (including phenoxy) is 1. The Morgan fingerprint density at radius 1 is 1.18 bits per heavy atom. The Kier molecular flexibility index (Phi) is 4.59. The Balaban J connectivity index is 1.53. The number of benzene rings is 1. The fraction of sp³-hybridized carbons (Fsp3) is 0.176. The van der Waals surface area contributed by atoms with Crippen molar-refractivity contribution in [3.63, 3.8) is 0 Å². The standard InChI is InChI=1S/C17H13F3N6OS/c18-17(19,20)27-12-3-4-14-15(8-12)28-16(21)26(14)7-6-25-10-13(23-24-25)11-2-1-5-22-9-11/h1-5,8-10,21H,6-7H2. The highest BCUT2D eigenvalue weighted by Gasteiger charge is 2.31. The molecule has 0 bridgehead atoms. The molecule has 1 N–H and O–H groups in total. The van der Waals surface area contributed by atoms with E-state index in [0.717, 1.165) is 16.9 Å². The third kappa shape index (κ3) is 3.88. The van der Waals surface area contributed by atoms with Gasteiger partial charge in [0.05, 0.1) is 23.0 Å². The van der Waals surface area contributed by atoms with Crippen LogP contribution in [0.2, 0.25) is 0 Å². The number of fused-ring (bicyclic) bond motifs is 1. The number of hydrogen-bond acceptors (Lipinski definition) is 6. The Morgan fingerprint density at radius 3 is 2.79 bits per heavy atom. The van der Waals surface area contributed by atoms with E-state index in [2.05, 4.69) is 20.0 Å². The smallest absolute Gasteiger partial charge is 0.406 e. The van der Waals surface area contributed by atoms with Crippen LogP contribution in [-0.2, 0) is 13.1 Å². The molecular weight excluding hydrogens is 393 g/mol. The van der Waals surface area contributed by atoms with Gasteiger partial charge < -0.3 is 9.30 Å². The minimum Gasteiger partial charge on any atom is -0.406 e. The van der Waals surface area contributed by atoms with Crippen molar-refractivity contribution >= 4 is 21.6 Å². The molecular formula is C17H13F3N6OS. The van der Waals surface area contributed by atoms with E-state index < -0.39 is 6.36 Å². The summed E-state index contributed by atoms with van der Waals surface area (Å²) in [5.74, 6) is -0.300. The molecule has 0 unspecified atom stereocenters. The fourth-order valence-corrected chi connectivity index (χ4v) is 3.71. The first-order chi connectivity index (χ1) is 13.4. The number of thiazole rings is 1. The number of pyridine rings is 1. The van der Waals surface area contributed by atoms with Gasteiger partial charge in [-0.3, -0.25) is 15.1 Å². The lowest BCUT2D eigenvalue weighted by molar-refractivity contribution is -0.274. The molecule has 1 aromatic carbocycles. The molecule has 0 atom stereocenters. The van der Waals surface area contributed by atoms with Gasteiger partial charge in [-0.05, 0) is 30.3 Å². The van der Waals surface area contributed by atoms with Gasteiger partial charge in [-0.1, -0.05) is 16.6 Å². The van der Waals surface area contributed by atoms with Gasteiger partial charge in [0.1, 0.15) is 11.4 Å². The number of hydrogen-bond donors (Lipinski definition) is 1. The van der Waals surface area contributed by atoms with Crippen molar-refractivity contribution in [3.05, 3.63) is 53.7 Å². The monoisotopic (exact) mass is 406 g/mol. The molecule has 4 aromatic rings. The summed E-state index contributed by atoms with van der Waals surface area (Å²) in [6.45, 7) is 0.880. The summed E-state index contributed by atoms with van der Waals surface area (Å²) >= 11 is 1.08. The summed E-state index contributed by atoms with van der Waals surface area (Å²) in [7, 11) is 0. The molecule has 0 saturated carbocycles. The predicted octanol–water partition coefficient (Wildman–Crippen LogP) is 3.43. The van der Waals surface area contributed by atoms with Gasteiger partial charge in [-0.15, -0.1) is 18.3 Å². The molecule has 0 aliphatic rings. The number of aryl methyl sites for hydroxylation is 2. The Bertz CT molecular complexity index is 1170. The zero-order chi connectivity index (χ0) is 19.7. The van der Waals surface area contributed by atoms with Gasteiger partial charge in [0.15, 0.2) is 4.80 Å². The molecule has 3 aromatic heterocycles. The second-order valence-corrected chi connectivity index (χ2v) is 6.88. The van der Waals surface area contributed by atoms with E-state index in [4.69, 9.17) is 5.41 Å². The van der Waals surface area contributed by atoms with Crippen molar-refractivity contribution in [1.82, 2.24) is 24.5 Å². The van der Waals surface area contributed by atoms with Crippen LogP contribution in [0, 0.1) is 5.41 Å². The van der Waals surface area contributed by atoms with Crippen molar-refractivity contribution in [2.75, 3.05) is 0 Å². The molecule has 0 saturated heterocycles. The summed E-state index contributed by atoms with van der Waals surface area (Å²) in [4.78, 5) is 4.28. The van der Waals surface area contributed by atoms with Crippen LogP contribution in [-0.4, -0.2) is 30.9 Å². The van der Waals surface area contributed by atoms with E-state index in [1.807, 2.05) is 12.1 Å². The average Bonchev–Trinajstić information content (AvgIpc) is 3.23. The van der Waals surface area contributed by atoms with Crippen LogP contribution in [0.4, 0.5) is 13.2 Å². The summed E-state index contributed by atoms with van der Waals surface area (Å²) in [6, 6.07) is 7.75. The highest BCUT2D eigenvalue weighted by atomic mass is 32.1. The van der Waals surface area contributed by atoms with Crippen LogP contribution < -0.4 is 9.54 Å². The molecule has 0 aliphatic heterocycles. The van der Waals surface area contributed by atoms with Crippen molar-refractivity contribution < 1.29 is 17.9 Å². The highest BCUT2D eigenvalue weighted by molar-refractivity contribution is 7.16. The first kappa shape index (κ1) is 18.2. The molecule has 7 nitrogen and oxygen atoms in total. The molecule has 0 amide bonds. The Labute approximate surface area is 160 Å². The van der Waals surface area contributed by atoms with E-state index in [9.17, 15) is 13.2 Å². The molecule has 0 aliphatic carbocycles. The first-order valence-corrected chi connectivity index (χ1v) is 8.95. The Hall–Kier alpha value is -3.21. The molecule has 144 valence electrons. The number of rotatable bonds is 5. The second-order valence-electron chi connectivity index (χ2n) is 5.84.